The van der Waals surface area contributed by atoms with Crippen LogP contribution in [0.3, 0.4) is 0 Å². The van der Waals surface area contributed by atoms with E-state index in [1.54, 1.807) is 7.11 Å². The van der Waals surface area contributed by atoms with Crippen LogP contribution in [0, 0.1) is 0 Å². The molecule has 6 nitrogen and oxygen atoms in total. The number of alkyl halides is 3. The zero-order valence-corrected chi connectivity index (χ0v) is 17.4. The molecule has 3 N–H and O–H groups in total. The highest BCUT2D eigenvalue weighted by Crippen LogP contribution is 2.23. The third-order valence-electron chi connectivity index (χ3n) is 3.25. The van der Waals surface area contributed by atoms with Gasteiger partial charge >= 0.3 is 6.36 Å². The van der Waals surface area contributed by atoms with E-state index < -0.39 is 6.36 Å². The smallest absolute Gasteiger partial charge is 0.491 e. The van der Waals surface area contributed by atoms with Gasteiger partial charge in [-0.3, -0.25) is 0 Å². The molecule has 0 saturated carbocycles. The van der Waals surface area contributed by atoms with Gasteiger partial charge in [-0.05, 0) is 42.0 Å². The molecule has 2 aromatic rings. The molecule has 0 aromatic heterocycles. The molecule has 0 fully saturated rings. The summed E-state index contributed by atoms with van der Waals surface area (Å²) in [5.41, 5.74) is 7.19. The maximum absolute atomic E-state index is 12.1. The summed E-state index contributed by atoms with van der Waals surface area (Å²) < 4.78 is 50.7. The quantitative estimate of drug-likeness (QED) is 0.241. The van der Waals surface area contributed by atoms with E-state index in [9.17, 15) is 13.2 Å². The summed E-state index contributed by atoms with van der Waals surface area (Å²) in [7, 11) is 1.60. The van der Waals surface area contributed by atoms with Crippen molar-refractivity contribution in [2.75, 3.05) is 25.6 Å². The van der Waals surface area contributed by atoms with E-state index in [0.29, 0.717) is 31.2 Å². The molecule has 0 bridgehead atoms. The fourth-order valence-electron chi connectivity index (χ4n) is 2.08. The third kappa shape index (κ3) is 9.13. The average Bonchev–Trinajstić information content (AvgIpc) is 2.61. The summed E-state index contributed by atoms with van der Waals surface area (Å²) in [6.07, 6.45) is -4.72. The van der Waals surface area contributed by atoms with Crippen LogP contribution in [0.15, 0.2) is 53.5 Å². The second kappa shape index (κ2) is 11.6. The van der Waals surface area contributed by atoms with Crippen LogP contribution in [0.25, 0.3) is 0 Å². The average molecular weight is 511 g/mol. The van der Waals surface area contributed by atoms with Crippen molar-refractivity contribution in [2.24, 2.45) is 10.7 Å². The van der Waals surface area contributed by atoms with E-state index in [1.807, 2.05) is 24.3 Å². The van der Waals surface area contributed by atoms with Gasteiger partial charge in [0.05, 0.1) is 13.2 Å². The summed E-state index contributed by atoms with van der Waals surface area (Å²) in [5.74, 6) is 0.519. The summed E-state index contributed by atoms with van der Waals surface area (Å²) in [4.78, 5) is 4.20. The zero-order chi connectivity index (χ0) is 19.7. The Morgan fingerprint density at radius 1 is 1.07 bits per heavy atom. The van der Waals surface area contributed by atoms with E-state index in [-0.39, 0.29) is 35.7 Å². The summed E-state index contributed by atoms with van der Waals surface area (Å²) >= 11 is 0. The molecule has 2 aromatic carbocycles. The number of ether oxygens (including phenoxy) is 3. The maximum atomic E-state index is 12.1. The fourth-order valence-corrected chi connectivity index (χ4v) is 2.08. The number of methoxy groups -OCH3 is 1. The minimum atomic E-state index is -4.72. The highest BCUT2D eigenvalue weighted by atomic mass is 127. The molecule has 0 saturated heterocycles. The number of hydrogen-bond acceptors (Lipinski definition) is 4. The van der Waals surface area contributed by atoms with Crippen LogP contribution >= 0.6 is 24.0 Å². The Morgan fingerprint density at radius 2 is 1.79 bits per heavy atom. The van der Waals surface area contributed by atoms with Crippen LogP contribution in [0.1, 0.15) is 5.56 Å². The topological polar surface area (TPSA) is 78.1 Å². The summed E-state index contributed by atoms with van der Waals surface area (Å²) in [6.45, 7) is 1.25. The molecule has 0 heterocycles. The monoisotopic (exact) mass is 511 g/mol. The van der Waals surface area contributed by atoms with Crippen molar-refractivity contribution in [2.45, 2.75) is 12.9 Å². The molecule has 28 heavy (non-hydrogen) atoms. The highest BCUT2D eigenvalue weighted by molar-refractivity contribution is 14.0. The molecular formula is C18H21F3IN3O3. The first-order valence-electron chi connectivity index (χ1n) is 7.99. The predicted molar refractivity (Wildman–Crippen MR) is 111 cm³/mol. The van der Waals surface area contributed by atoms with Crippen molar-refractivity contribution in [3.8, 4) is 11.5 Å². The van der Waals surface area contributed by atoms with E-state index in [0.717, 1.165) is 5.56 Å². The number of hydrogen-bond donors (Lipinski definition) is 2. The van der Waals surface area contributed by atoms with Crippen molar-refractivity contribution in [1.82, 2.24) is 0 Å². The molecule has 154 valence electrons. The molecule has 0 radical (unpaired) electrons. The predicted octanol–water partition coefficient (Wildman–Crippen LogP) is 4.16. The fraction of sp³-hybridized carbons (Fsp3) is 0.278. The lowest BCUT2D eigenvalue weighted by Gasteiger charge is -2.10. The first-order chi connectivity index (χ1) is 12.9. The summed E-state index contributed by atoms with van der Waals surface area (Å²) in [5, 5.41) is 2.80. The molecule has 0 aliphatic heterocycles. The molecule has 0 spiro atoms. The minimum Gasteiger partial charge on any atom is -0.491 e. The molecule has 0 atom stereocenters. The standard InChI is InChI=1S/C18H20F3N3O3.HI/c1-25-9-10-26-16-4-2-3-13(11-16)12-23-17(22)24-14-5-7-15(8-6-14)27-18(19,20)21;/h2-8,11H,9-10,12H2,1H3,(H3,22,23,24);1H. The maximum Gasteiger partial charge on any atom is 0.573 e. The second-order valence-corrected chi connectivity index (χ2v) is 5.39. The van der Waals surface area contributed by atoms with Gasteiger partial charge in [-0.15, -0.1) is 37.1 Å². The first kappa shape index (κ1) is 23.8. The van der Waals surface area contributed by atoms with Crippen LogP contribution in [0.5, 0.6) is 11.5 Å². The molecule has 0 unspecified atom stereocenters. The minimum absolute atomic E-state index is 0. The lowest BCUT2D eigenvalue weighted by molar-refractivity contribution is -0.274. The Hall–Kier alpha value is -2.21. The first-order valence-corrected chi connectivity index (χ1v) is 7.99. The Labute approximate surface area is 177 Å². The number of nitrogens with two attached hydrogens (primary N) is 1. The number of halogens is 4. The largest absolute Gasteiger partial charge is 0.573 e. The second-order valence-electron chi connectivity index (χ2n) is 5.39. The Balaban J connectivity index is 0.00000392. The molecule has 0 amide bonds. The Kier molecular flexibility index (Phi) is 9.87. The number of benzene rings is 2. The van der Waals surface area contributed by atoms with Gasteiger partial charge in [0, 0.05) is 12.8 Å². The molecule has 10 heteroatoms. The highest BCUT2D eigenvalue weighted by Gasteiger charge is 2.30. The molecule has 0 aliphatic rings. The zero-order valence-electron chi connectivity index (χ0n) is 15.0. The van der Waals surface area contributed by atoms with Gasteiger partial charge in [0.2, 0.25) is 0 Å². The van der Waals surface area contributed by atoms with Crippen LogP contribution < -0.4 is 20.5 Å². The normalized spacial score (nSPS) is 11.5. The lowest BCUT2D eigenvalue weighted by atomic mass is 10.2. The third-order valence-corrected chi connectivity index (χ3v) is 3.25. The number of aliphatic imine (C=N–C) groups is 1. The summed E-state index contributed by atoms with van der Waals surface area (Å²) in [6, 6.07) is 12.6. The van der Waals surface area contributed by atoms with E-state index in [4.69, 9.17) is 15.2 Å². The molecular weight excluding hydrogens is 490 g/mol. The Bertz CT molecular complexity index is 756. The number of anilines is 1. The van der Waals surface area contributed by atoms with Crippen molar-refractivity contribution < 1.29 is 27.4 Å². The Morgan fingerprint density at radius 3 is 2.43 bits per heavy atom. The van der Waals surface area contributed by atoms with Gasteiger partial charge in [-0.2, -0.15) is 0 Å². The van der Waals surface area contributed by atoms with Crippen molar-refractivity contribution in [3.05, 3.63) is 54.1 Å². The van der Waals surface area contributed by atoms with E-state index in [2.05, 4.69) is 15.0 Å². The van der Waals surface area contributed by atoms with Gasteiger partial charge in [0.15, 0.2) is 5.96 Å². The number of guanidine groups is 1. The van der Waals surface area contributed by atoms with E-state index in [1.165, 1.54) is 24.3 Å². The molecule has 0 aliphatic carbocycles. The number of rotatable bonds is 8. The van der Waals surface area contributed by atoms with Gasteiger partial charge in [0.1, 0.15) is 18.1 Å². The van der Waals surface area contributed by atoms with Crippen LogP contribution in [0.4, 0.5) is 18.9 Å². The number of nitrogens with zero attached hydrogens (tertiary/aromatic N) is 1. The number of nitrogens with one attached hydrogen (secondary N) is 1. The van der Waals surface area contributed by atoms with Gasteiger partial charge in [-0.25, -0.2) is 4.99 Å². The SMILES string of the molecule is COCCOc1cccc(CN=C(N)Nc2ccc(OC(F)(F)F)cc2)c1.I. The van der Waals surface area contributed by atoms with Crippen molar-refractivity contribution in [3.63, 3.8) is 0 Å². The molecule has 2 rings (SSSR count). The van der Waals surface area contributed by atoms with Crippen molar-refractivity contribution in [1.29, 1.82) is 0 Å². The lowest BCUT2D eigenvalue weighted by Crippen LogP contribution is -2.22. The van der Waals surface area contributed by atoms with Crippen LogP contribution in [-0.4, -0.2) is 32.6 Å². The van der Waals surface area contributed by atoms with Gasteiger partial charge in [0.25, 0.3) is 0 Å². The van der Waals surface area contributed by atoms with Crippen LogP contribution in [0.2, 0.25) is 0 Å². The van der Waals surface area contributed by atoms with Crippen molar-refractivity contribution >= 4 is 35.6 Å². The van der Waals surface area contributed by atoms with Crippen LogP contribution in [-0.2, 0) is 11.3 Å². The van der Waals surface area contributed by atoms with E-state index >= 15 is 0 Å². The van der Waals surface area contributed by atoms with Gasteiger partial charge in [-0.1, -0.05) is 12.1 Å². The van der Waals surface area contributed by atoms with Gasteiger partial charge < -0.3 is 25.3 Å².